The topological polar surface area (TPSA) is 0 Å². The van der Waals surface area contributed by atoms with Gasteiger partial charge in [-0.25, -0.2) is 0 Å². The van der Waals surface area contributed by atoms with E-state index in [1.165, 1.54) is 16.0 Å². The van der Waals surface area contributed by atoms with Crippen molar-refractivity contribution in [1.82, 2.24) is 0 Å². The second kappa shape index (κ2) is 5.04. The summed E-state index contributed by atoms with van der Waals surface area (Å²) in [6, 6.07) is 19.2. The molecule has 15 heavy (non-hydrogen) atoms. The average molecular weight is 214 g/mol. The molecule has 0 N–H and O–H groups in total. The van der Waals surface area contributed by atoms with Crippen LogP contribution in [0.25, 0.3) is 0 Å². The van der Waals surface area contributed by atoms with Crippen LogP contribution in [-0.4, -0.2) is 6.26 Å². The van der Waals surface area contributed by atoms with Gasteiger partial charge in [0.25, 0.3) is 0 Å². The van der Waals surface area contributed by atoms with E-state index in [4.69, 9.17) is 0 Å². The van der Waals surface area contributed by atoms with E-state index in [1.54, 1.807) is 0 Å². The van der Waals surface area contributed by atoms with Crippen LogP contribution in [0, 0.1) is 0 Å². The van der Waals surface area contributed by atoms with Gasteiger partial charge in [-0.05, 0) is 29.9 Å². The highest BCUT2D eigenvalue weighted by atomic mass is 32.2. The number of hydrogen-bond donors (Lipinski definition) is 0. The summed E-state index contributed by atoms with van der Waals surface area (Å²) >= 11 is 1.81. The Hall–Kier alpha value is -1.21. The fraction of sp³-hybridized carbons (Fsp3) is 0.143. The maximum absolute atomic E-state index is 2.21. The second-order valence-electron chi connectivity index (χ2n) is 3.47. The molecule has 0 aliphatic heterocycles. The van der Waals surface area contributed by atoms with Crippen molar-refractivity contribution in [2.24, 2.45) is 0 Å². The van der Waals surface area contributed by atoms with Crippen molar-refractivity contribution >= 4 is 11.8 Å². The first-order valence-corrected chi connectivity index (χ1v) is 6.28. The minimum Gasteiger partial charge on any atom is -0.129 e. The molecule has 0 saturated heterocycles. The third-order valence-corrected chi connectivity index (χ3v) is 3.27. The van der Waals surface area contributed by atoms with Gasteiger partial charge in [-0.1, -0.05) is 48.5 Å². The highest BCUT2D eigenvalue weighted by Gasteiger charge is 2.00. The zero-order valence-electron chi connectivity index (χ0n) is 8.81. The Balaban J connectivity index is 2.24. The molecule has 0 fully saturated rings. The van der Waals surface area contributed by atoms with Gasteiger partial charge in [0.15, 0.2) is 0 Å². The first-order chi connectivity index (χ1) is 7.40. The summed E-state index contributed by atoms with van der Waals surface area (Å²) in [5.74, 6) is 0. The Labute approximate surface area is 95.3 Å². The molecule has 2 rings (SSSR count). The summed E-state index contributed by atoms with van der Waals surface area (Å²) in [4.78, 5) is 1.38. The monoisotopic (exact) mass is 214 g/mol. The van der Waals surface area contributed by atoms with Gasteiger partial charge < -0.3 is 0 Å². The third-order valence-electron chi connectivity index (χ3n) is 2.43. The Kier molecular flexibility index (Phi) is 3.46. The number of benzene rings is 2. The Morgan fingerprint density at radius 3 is 2.27 bits per heavy atom. The van der Waals surface area contributed by atoms with Gasteiger partial charge in [-0.2, -0.15) is 0 Å². The van der Waals surface area contributed by atoms with Crippen molar-refractivity contribution in [3.8, 4) is 0 Å². The Bertz CT molecular complexity index is 420. The normalized spacial score (nSPS) is 10.2. The summed E-state index contributed by atoms with van der Waals surface area (Å²) < 4.78 is 0. The van der Waals surface area contributed by atoms with Crippen molar-refractivity contribution in [2.75, 3.05) is 6.26 Å². The average Bonchev–Trinajstić information content (AvgIpc) is 2.31. The summed E-state index contributed by atoms with van der Waals surface area (Å²) in [5.41, 5.74) is 2.79. The molecule has 1 heteroatoms. The molecule has 0 saturated carbocycles. The number of thioether (sulfide) groups is 1. The molecule has 0 aromatic heterocycles. The van der Waals surface area contributed by atoms with Crippen LogP contribution in [0.15, 0.2) is 59.5 Å². The minimum absolute atomic E-state index is 1.03. The van der Waals surface area contributed by atoms with E-state index in [1.807, 2.05) is 11.8 Å². The number of hydrogen-bond acceptors (Lipinski definition) is 1. The summed E-state index contributed by atoms with van der Waals surface area (Å²) in [5, 5.41) is 0. The van der Waals surface area contributed by atoms with Gasteiger partial charge in [0.05, 0.1) is 0 Å². The lowest BCUT2D eigenvalue weighted by Gasteiger charge is -2.06. The van der Waals surface area contributed by atoms with Crippen LogP contribution in [-0.2, 0) is 6.42 Å². The predicted molar refractivity (Wildman–Crippen MR) is 67.5 cm³/mol. The van der Waals surface area contributed by atoms with Crippen molar-refractivity contribution in [3.63, 3.8) is 0 Å². The van der Waals surface area contributed by atoms with Gasteiger partial charge in [0.1, 0.15) is 0 Å². The van der Waals surface area contributed by atoms with Gasteiger partial charge in [0, 0.05) is 4.90 Å². The van der Waals surface area contributed by atoms with Crippen LogP contribution < -0.4 is 0 Å². The molecule has 0 aliphatic carbocycles. The quantitative estimate of drug-likeness (QED) is 0.696. The van der Waals surface area contributed by atoms with Gasteiger partial charge in [0.2, 0.25) is 0 Å². The summed E-state index contributed by atoms with van der Waals surface area (Å²) in [6.45, 7) is 0. The van der Waals surface area contributed by atoms with Crippen molar-refractivity contribution in [1.29, 1.82) is 0 Å². The van der Waals surface area contributed by atoms with E-state index in [0.29, 0.717) is 0 Å². The van der Waals surface area contributed by atoms with Crippen molar-refractivity contribution < 1.29 is 0 Å². The van der Waals surface area contributed by atoms with E-state index in [-0.39, 0.29) is 0 Å². The van der Waals surface area contributed by atoms with E-state index in [9.17, 15) is 0 Å². The number of rotatable bonds is 3. The summed E-state index contributed by atoms with van der Waals surface area (Å²) in [7, 11) is 0. The molecule has 0 spiro atoms. The van der Waals surface area contributed by atoms with Crippen LogP contribution >= 0.6 is 11.8 Å². The molecule has 76 valence electrons. The third kappa shape index (κ3) is 2.63. The minimum atomic E-state index is 1.03. The molecular formula is C14H14S. The molecule has 0 atom stereocenters. The SMILES string of the molecule is CSc1ccccc1Cc1ccccc1. The predicted octanol–water partition coefficient (Wildman–Crippen LogP) is 4.00. The molecule has 0 aliphatic rings. The van der Waals surface area contributed by atoms with Crippen LogP contribution in [0.1, 0.15) is 11.1 Å². The molecule has 2 aromatic carbocycles. The van der Waals surface area contributed by atoms with Gasteiger partial charge in [-0.15, -0.1) is 11.8 Å². The van der Waals surface area contributed by atoms with E-state index in [0.717, 1.165) is 6.42 Å². The zero-order chi connectivity index (χ0) is 10.5. The standard InChI is InChI=1S/C14H14S/c1-15-14-10-6-5-9-13(14)11-12-7-3-2-4-8-12/h2-10H,11H2,1H3. The van der Waals surface area contributed by atoms with E-state index in [2.05, 4.69) is 60.9 Å². The largest absolute Gasteiger partial charge is 0.129 e. The lowest BCUT2D eigenvalue weighted by Crippen LogP contribution is -1.89. The molecule has 2 aromatic rings. The van der Waals surface area contributed by atoms with Crippen molar-refractivity contribution in [2.45, 2.75) is 11.3 Å². The molecular weight excluding hydrogens is 200 g/mol. The maximum atomic E-state index is 2.21. The van der Waals surface area contributed by atoms with Gasteiger partial charge >= 0.3 is 0 Å². The first-order valence-electron chi connectivity index (χ1n) is 5.06. The molecule has 0 heterocycles. The first kappa shape index (κ1) is 10.3. The molecule has 0 nitrogen and oxygen atoms in total. The van der Waals surface area contributed by atoms with E-state index >= 15 is 0 Å². The fourth-order valence-electron chi connectivity index (χ4n) is 1.66. The maximum Gasteiger partial charge on any atom is 0.0105 e. The molecule has 0 amide bonds. The Morgan fingerprint density at radius 1 is 0.867 bits per heavy atom. The molecule has 0 radical (unpaired) electrons. The Morgan fingerprint density at radius 2 is 1.53 bits per heavy atom. The van der Waals surface area contributed by atoms with Crippen molar-refractivity contribution in [3.05, 3.63) is 65.7 Å². The second-order valence-corrected chi connectivity index (χ2v) is 4.32. The smallest absolute Gasteiger partial charge is 0.0105 e. The zero-order valence-corrected chi connectivity index (χ0v) is 9.63. The highest BCUT2D eigenvalue weighted by Crippen LogP contribution is 2.22. The van der Waals surface area contributed by atoms with Crippen LogP contribution in [0.4, 0.5) is 0 Å². The van der Waals surface area contributed by atoms with Gasteiger partial charge in [-0.3, -0.25) is 0 Å². The van der Waals surface area contributed by atoms with E-state index < -0.39 is 0 Å². The van der Waals surface area contributed by atoms with Crippen LogP contribution in [0.2, 0.25) is 0 Å². The fourth-order valence-corrected chi connectivity index (χ4v) is 2.28. The molecule has 0 bridgehead atoms. The van der Waals surface area contributed by atoms with Crippen LogP contribution in [0.5, 0.6) is 0 Å². The summed E-state index contributed by atoms with van der Waals surface area (Å²) in [6.07, 6.45) is 3.15. The van der Waals surface area contributed by atoms with Crippen LogP contribution in [0.3, 0.4) is 0 Å². The molecule has 0 unspecified atom stereocenters. The highest BCUT2D eigenvalue weighted by molar-refractivity contribution is 7.98. The lowest BCUT2D eigenvalue weighted by molar-refractivity contribution is 1.13. The lowest BCUT2D eigenvalue weighted by atomic mass is 10.1.